The predicted octanol–water partition coefficient (Wildman–Crippen LogP) is 4.57. The van der Waals surface area contributed by atoms with Crippen molar-refractivity contribution in [2.75, 3.05) is 6.54 Å². The van der Waals surface area contributed by atoms with E-state index in [9.17, 15) is 4.79 Å². The molecule has 1 saturated carbocycles. The van der Waals surface area contributed by atoms with Crippen LogP contribution in [-0.4, -0.2) is 12.5 Å². The fourth-order valence-corrected chi connectivity index (χ4v) is 4.21. The van der Waals surface area contributed by atoms with E-state index in [1.807, 2.05) is 24.3 Å². The van der Waals surface area contributed by atoms with Crippen LogP contribution < -0.4 is 5.32 Å². The van der Waals surface area contributed by atoms with Gasteiger partial charge in [-0.15, -0.1) is 0 Å². The van der Waals surface area contributed by atoms with Gasteiger partial charge in [0.05, 0.1) is 6.42 Å². The van der Waals surface area contributed by atoms with Gasteiger partial charge in [0.2, 0.25) is 5.91 Å². The highest BCUT2D eigenvalue weighted by molar-refractivity contribution is 7.08. The number of thiophene rings is 1. The van der Waals surface area contributed by atoms with Crippen molar-refractivity contribution in [3.8, 4) is 0 Å². The second-order valence-electron chi connectivity index (χ2n) is 6.08. The second kappa shape index (κ2) is 6.84. The first kappa shape index (κ1) is 15.6. The van der Waals surface area contributed by atoms with Crippen LogP contribution in [0, 0.1) is 0 Å². The van der Waals surface area contributed by atoms with Crippen LogP contribution in [-0.2, 0) is 16.6 Å². The van der Waals surface area contributed by atoms with Gasteiger partial charge >= 0.3 is 0 Å². The molecule has 1 N–H and O–H groups in total. The van der Waals surface area contributed by atoms with Crippen LogP contribution in [0.15, 0.2) is 41.1 Å². The van der Waals surface area contributed by atoms with Crippen LogP contribution in [0.5, 0.6) is 0 Å². The lowest BCUT2D eigenvalue weighted by atomic mass is 9.80. The molecule has 22 heavy (non-hydrogen) atoms. The number of amides is 1. The minimum atomic E-state index is 0.0869. The molecule has 3 rings (SSSR count). The lowest BCUT2D eigenvalue weighted by Gasteiger charge is -2.28. The van der Waals surface area contributed by atoms with Crippen LogP contribution >= 0.6 is 22.9 Å². The summed E-state index contributed by atoms with van der Waals surface area (Å²) < 4.78 is 0. The summed E-state index contributed by atoms with van der Waals surface area (Å²) in [7, 11) is 0. The summed E-state index contributed by atoms with van der Waals surface area (Å²) in [6.45, 7) is 0.746. The van der Waals surface area contributed by atoms with Crippen molar-refractivity contribution in [1.29, 1.82) is 0 Å². The van der Waals surface area contributed by atoms with Gasteiger partial charge in [0, 0.05) is 17.0 Å². The molecule has 0 atom stereocenters. The Balaban J connectivity index is 1.60. The maximum absolute atomic E-state index is 12.2. The third kappa shape index (κ3) is 3.53. The molecule has 1 aliphatic rings. The summed E-state index contributed by atoms with van der Waals surface area (Å²) in [5.74, 6) is 0.0869. The van der Waals surface area contributed by atoms with Gasteiger partial charge in [0.15, 0.2) is 0 Å². The van der Waals surface area contributed by atoms with Crippen LogP contribution in [0.3, 0.4) is 0 Å². The maximum Gasteiger partial charge on any atom is 0.224 e. The van der Waals surface area contributed by atoms with E-state index >= 15 is 0 Å². The van der Waals surface area contributed by atoms with Crippen molar-refractivity contribution < 1.29 is 4.79 Å². The molecule has 0 saturated heterocycles. The Morgan fingerprint density at radius 2 is 1.91 bits per heavy atom. The molecule has 4 heteroatoms. The Morgan fingerprint density at radius 1 is 1.18 bits per heavy atom. The number of rotatable bonds is 5. The SMILES string of the molecule is O=C(Cc1ccc(Cl)cc1)NCC1(c2ccsc2)CCCC1. The lowest BCUT2D eigenvalue weighted by molar-refractivity contribution is -0.120. The lowest BCUT2D eigenvalue weighted by Crippen LogP contribution is -2.39. The van der Waals surface area contributed by atoms with Crippen molar-refractivity contribution >= 4 is 28.8 Å². The van der Waals surface area contributed by atoms with Gasteiger partial charge in [0.1, 0.15) is 0 Å². The molecule has 0 radical (unpaired) electrons. The van der Waals surface area contributed by atoms with Gasteiger partial charge in [-0.25, -0.2) is 0 Å². The van der Waals surface area contributed by atoms with Gasteiger partial charge in [-0.05, 0) is 52.9 Å². The van der Waals surface area contributed by atoms with E-state index in [-0.39, 0.29) is 11.3 Å². The minimum Gasteiger partial charge on any atom is -0.355 e. The van der Waals surface area contributed by atoms with E-state index in [4.69, 9.17) is 11.6 Å². The topological polar surface area (TPSA) is 29.1 Å². The fraction of sp³-hybridized carbons (Fsp3) is 0.389. The summed E-state index contributed by atoms with van der Waals surface area (Å²) in [6.07, 6.45) is 5.26. The maximum atomic E-state index is 12.2. The molecule has 1 aromatic heterocycles. The van der Waals surface area contributed by atoms with E-state index in [0.29, 0.717) is 11.4 Å². The number of hydrogen-bond donors (Lipinski definition) is 1. The Kier molecular flexibility index (Phi) is 4.84. The van der Waals surface area contributed by atoms with Crippen molar-refractivity contribution in [3.63, 3.8) is 0 Å². The van der Waals surface area contributed by atoms with E-state index in [2.05, 4.69) is 22.1 Å². The van der Waals surface area contributed by atoms with Gasteiger partial charge < -0.3 is 5.32 Å². The van der Waals surface area contributed by atoms with Crippen molar-refractivity contribution in [2.45, 2.75) is 37.5 Å². The van der Waals surface area contributed by atoms with Crippen LogP contribution in [0.2, 0.25) is 5.02 Å². The monoisotopic (exact) mass is 333 g/mol. The van der Waals surface area contributed by atoms with Crippen molar-refractivity contribution in [3.05, 3.63) is 57.2 Å². The average molecular weight is 334 g/mol. The van der Waals surface area contributed by atoms with Gasteiger partial charge in [-0.2, -0.15) is 11.3 Å². The number of hydrogen-bond acceptors (Lipinski definition) is 2. The normalized spacial score (nSPS) is 16.6. The molecule has 0 spiro atoms. The predicted molar refractivity (Wildman–Crippen MR) is 92.6 cm³/mol. The highest BCUT2D eigenvalue weighted by Crippen LogP contribution is 2.41. The Hall–Kier alpha value is -1.32. The summed E-state index contributed by atoms with van der Waals surface area (Å²) in [5.41, 5.74) is 2.54. The van der Waals surface area contributed by atoms with Crippen molar-refractivity contribution in [1.82, 2.24) is 5.32 Å². The zero-order valence-corrected chi connectivity index (χ0v) is 14.1. The molecule has 0 unspecified atom stereocenters. The quantitative estimate of drug-likeness (QED) is 0.853. The standard InChI is InChI=1S/C18H20ClNOS/c19-16-5-3-14(4-6-16)11-17(21)20-13-18(8-1-2-9-18)15-7-10-22-12-15/h3-7,10,12H,1-2,8-9,11,13H2,(H,20,21). The van der Waals surface area contributed by atoms with Gasteiger partial charge in [-0.1, -0.05) is 36.6 Å². The van der Waals surface area contributed by atoms with E-state index in [1.54, 1.807) is 11.3 Å². The van der Waals surface area contributed by atoms with Crippen molar-refractivity contribution in [2.24, 2.45) is 0 Å². The summed E-state index contributed by atoms with van der Waals surface area (Å²) in [4.78, 5) is 12.2. The number of halogens is 1. The molecular weight excluding hydrogens is 314 g/mol. The molecular formula is C18H20ClNOS. The summed E-state index contributed by atoms with van der Waals surface area (Å²) >= 11 is 7.61. The zero-order chi connectivity index (χ0) is 15.4. The average Bonchev–Trinajstić information content (AvgIpc) is 3.19. The molecule has 1 fully saturated rings. The molecule has 1 amide bonds. The summed E-state index contributed by atoms with van der Waals surface area (Å²) in [5, 5.41) is 8.21. The first-order valence-corrected chi connectivity index (χ1v) is 9.04. The highest BCUT2D eigenvalue weighted by atomic mass is 35.5. The number of carbonyl (C=O) groups excluding carboxylic acids is 1. The van der Waals surface area contributed by atoms with Gasteiger partial charge in [0.25, 0.3) is 0 Å². The first-order valence-electron chi connectivity index (χ1n) is 7.72. The molecule has 0 bridgehead atoms. The third-order valence-corrected chi connectivity index (χ3v) is 5.53. The molecule has 1 heterocycles. The fourth-order valence-electron chi connectivity index (χ4n) is 3.30. The smallest absolute Gasteiger partial charge is 0.224 e. The Morgan fingerprint density at radius 3 is 2.55 bits per heavy atom. The highest BCUT2D eigenvalue weighted by Gasteiger charge is 2.36. The molecule has 0 aliphatic heterocycles. The first-order chi connectivity index (χ1) is 10.7. The van der Waals surface area contributed by atoms with Crippen LogP contribution in [0.1, 0.15) is 36.8 Å². The zero-order valence-electron chi connectivity index (χ0n) is 12.5. The number of benzene rings is 1. The van der Waals surface area contributed by atoms with E-state index < -0.39 is 0 Å². The van der Waals surface area contributed by atoms with Gasteiger partial charge in [-0.3, -0.25) is 4.79 Å². The van der Waals surface area contributed by atoms with Crippen LogP contribution in [0.4, 0.5) is 0 Å². The molecule has 1 aromatic carbocycles. The molecule has 116 valence electrons. The minimum absolute atomic E-state index is 0.0869. The van der Waals surface area contributed by atoms with E-state index in [1.165, 1.54) is 31.2 Å². The summed E-state index contributed by atoms with van der Waals surface area (Å²) in [6, 6.07) is 9.68. The molecule has 2 aromatic rings. The second-order valence-corrected chi connectivity index (χ2v) is 7.30. The Labute approximate surface area is 140 Å². The molecule has 1 aliphatic carbocycles. The van der Waals surface area contributed by atoms with Crippen LogP contribution in [0.25, 0.3) is 0 Å². The van der Waals surface area contributed by atoms with E-state index in [0.717, 1.165) is 12.1 Å². The molecule has 2 nitrogen and oxygen atoms in total. The number of carbonyl (C=O) groups is 1. The Bertz CT molecular complexity index is 615. The number of nitrogens with one attached hydrogen (secondary N) is 1. The largest absolute Gasteiger partial charge is 0.355 e. The third-order valence-electron chi connectivity index (χ3n) is 4.60.